The van der Waals surface area contributed by atoms with E-state index in [2.05, 4.69) is 0 Å². The number of benzene rings is 1. The molecule has 0 aliphatic heterocycles. The SMILES string of the molecule is NCC(c1cc2ccccc2s1)C(F)F. The Kier molecular flexibility index (Phi) is 2.98. The standard InChI is InChI=1S/C11H11F2NS/c12-11(13)8(6-14)10-5-7-3-1-2-4-9(7)15-10/h1-5,8,11H,6,14H2. The van der Waals surface area contributed by atoms with Gasteiger partial charge in [-0.1, -0.05) is 18.2 Å². The Morgan fingerprint density at radius 3 is 2.60 bits per heavy atom. The summed E-state index contributed by atoms with van der Waals surface area (Å²) in [5.41, 5.74) is 5.35. The molecule has 1 aromatic heterocycles. The molecule has 15 heavy (non-hydrogen) atoms. The number of rotatable bonds is 3. The molecule has 1 heterocycles. The van der Waals surface area contributed by atoms with Crippen molar-refractivity contribution in [2.75, 3.05) is 6.54 Å². The number of halogens is 2. The zero-order valence-electron chi connectivity index (χ0n) is 7.99. The van der Waals surface area contributed by atoms with E-state index in [9.17, 15) is 8.78 Å². The lowest BCUT2D eigenvalue weighted by Crippen LogP contribution is -2.18. The Balaban J connectivity index is 2.43. The molecule has 0 aliphatic carbocycles. The summed E-state index contributed by atoms with van der Waals surface area (Å²) in [4.78, 5) is 0.675. The maximum Gasteiger partial charge on any atom is 0.247 e. The molecule has 2 N–H and O–H groups in total. The van der Waals surface area contributed by atoms with Crippen LogP contribution >= 0.6 is 11.3 Å². The number of alkyl halides is 2. The summed E-state index contributed by atoms with van der Waals surface area (Å²) in [5.74, 6) is -0.831. The first-order valence-corrected chi connectivity index (χ1v) is 5.50. The molecule has 4 heteroatoms. The summed E-state index contributed by atoms with van der Waals surface area (Å²) in [7, 11) is 0. The van der Waals surface area contributed by atoms with Gasteiger partial charge in [0.15, 0.2) is 0 Å². The Labute approximate surface area is 90.5 Å². The minimum atomic E-state index is -2.39. The number of thiophene rings is 1. The number of nitrogens with two attached hydrogens (primary N) is 1. The van der Waals surface area contributed by atoms with Crippen LogP contribution in [0.2, 0.25) is 0 Å². The van der Waals surface area contributed by atoms with Crippen molar-refractivity contribution in [1.82, 2.24) is 0 Å². The highest BCUT2D eigenvalue weighted by Crippen LogP contribution is 2.33. The molecule has 2 aromatic rings. The average molecular weight is 227 g/mol. The summed E-state index contributed by atoms with van der Waals surface area (Å²) >= 11 is 1.40. The van der Waals surface area contributed by atoms with Gasteiger partial charge in [0.05, 0.1) is 5.92 Å². The first kappa shape index (κ1) is 10.5. The van der Waals surface area contributed by atoms with Gasteiger partial charge in [0.2, 0.25) is 6.43 Å². The van der Waals surface area contributed by atoms with E-state index >= 15 is 0 Å². The Morgan fingerprint density at radius 2 is 2.00 bits per heavy atom. The van der Waals surface area contributed by atoms with Crippen LogP contribution in [0, 0.1) is 0 Å². The van der Waals surface area contributed by atoms with E-state index in [0.29, 0.717) is 4.88 Å². The van der Waals surface area contributed by atoms with Gasteiger partial charge >= 0.3 is 0 Å². The van der Waals surface area contributed by atoms with Crippen LogP contribution in [0.5, 0.6) is 0 Å². The second-order valence-corrected chi connectivity index (χ2v) is 4.48. The zero-order chi connectivity index (χ0) is 10.8. The van der Waals surface area contributed by atoms with Gasteiger partial charge in [-0.05, 0) is 17.5 Å². The molecule has 2 rings (SSSR count). The maximum absolute atomic E-state index is 12.6. The summed E-state index contributed by atoms with van der Waals surface area (Å²) in [5, 5.41) is 1.01. The molecule has 0 fully saturated rings. The molecule has 0 amide bonds. The second-order valence-electron chi connectivity index (χ2n) is 3.36. The monoisotopic (exact) mass is 227 g/mol. The third-order valence-electron chi connectivity index (χ3n) is 2.37. The number of hydrogen-bond donors (Lipinski definition) is 1. The Bertz CT molecular complexity index is 420. The molecular formula is C11H11F2NS. The lowest BCUT2D eigenvalue weighted by atomic mass is 10.1. The minimum absolute atomic E-state index is 0.00944. The molecule has 0 bridgehead atoms. The van der Waals surface area contributed by atoms with E-state index in [1.165, 1.54) is 11.3 Å². The van der Waals surface area contributed by atoms with Crippen molar-refractivity contribution in [3.63, 3.8) is 0 Å². The van der Waals surface area contributed by atoms with Gasteiger partial charge in [-0.3, -0.25) is 0 Å². The maximum atomic E-state index is 12.6. The summed E-state index contributed by atoms with van der Waals surface area (Å²) in [6, 6.07) is 9.47. The van der Waals surface area contributed by atoms with Crippen LogP contribution in [0.3, 0.4) is 0 Å². The van der Waals surface area contributed by atoms with Crippen molar-refractivity contribution in [2.45, 2.75) is 12.3 Å². The largest absolute Gasteiger partial charge is 0.330 e. The van der Waals surface area contributed by atoms with E-state index < -0.39 is 12.3 Å². The highest BCUT2D eigenvalue weighted by atomic mass is 32.1. The van der Waals surface area contributed by atoms with Crippen molar-refractivity contribution in [2.24, 2.45) is 5.73 Å². The topological polar surface area (TPSA) is 26.0 Å². The van der Waals surface area contributed by atoms with Gasteiger partial charge in [0.25, 0.3) is 0 Å². The summed E-state index contributed by atoms with van der Waals surface area (Å²) < 4.78 is 26.3. The predicted octanol–water partition coefficient (Wildman–Crippen LogP) is 3.21. The molecular weight excluding hydrogens is 216 g/mol. The van der Waals surface area contributed by atoms with Crippen molar-refractivity contribution in [1.29, 1.82) is 0 Å². The van der Waals surface area contributed by atoms with Gasteiger partial charge < -0.3 is 5.73 Å². The van der Waals surface area contributed by atoms with Crippen LogP contribution in [0.4, 0.5) is 8.78 Å². The van der Waals surface area contributed by atoms with Gasteiger partial charge in [0.1, 0.15) is 0 Å². The van der Waals surface area contributed by atoms with Crippen LogP contribution in [0.1, 0.15) is 10.8 Å². The fourth-order valence-corrected chi connectivity index (χ4v) is 2.71. The first-order valence-electron chi connectivity index (χ1n) is 4.69. The van der Waals surface area contributed by atoms with Crippen molar-refractivity contribution >= 4 is 21.4 Å². The quantitative estimate of drug-likeness (QED) is 0.856. The molecule has 0 radical (unpaired) electrons. The lowest BCUT2D eigenvalue weighted by molar-refractivity contribution is 0.118. The van der Waals surface area contributed by atoms with E-state index in [4.69, 9.17) is 5.73 Å². The third-order valence-corrected chi connectivity index (χ3v) is 3.62. The third kappa shape index (κ3) is 2.01. The van der Waals surface area contributed by atoms with Crippen molar-refractivity contribution in [3.05, 3.63) is 35.2 Å². The van der Waals surface area contributed by atoms with Gasteiger partial charge in [0, 0.05) is 16.1 Å². The van der Waals surface area contributed by atoms with Crippen LogP contribution in [-0.4, -0.2) is 13.0 Å². The first-order chi connectivity index (χ1) is 7.22. The van der Waals surface area contributed by atoms with Crippen LogP contribution < -0.4 is 5.73 Å². The molecule has 1 unspecified atom stereocenters. The summed E-state index contributed by atoms with van der Waals surface area (Å²) in [6.07, 6.45) is -2.39. The van der Waals surface area contributed by atoms with Gasteiger partial charge in [-0.2, -0.15) is 0 Å². The highest BCUT2D eigenvalue weighted by molar-refractivity contribution is 7.19. The van der Waals surface area contributed by atoms with Crippen molar-refractivity contribution < 1.29 is 8.78 Å². The smallest absolute Gasteiger partial charge is 0.247 e. The normalized spacial score (nSPS) is 13.6. The van der Waals surface area contributed by atoms with E-state index in [1.54, 1.807) is 0 Å². The summed E-state index contributed by atoms with van der Waals surface area (Å²) in [6.45, 7) is -0.00944. The fourth-order valence-electron chi connectivity index (χ4n) is 1.53. The van der Waals surface area contributed by atoms with Crippen LogP contribution in [0.25, 0.3) is 10.1 Å². The molecule has 0 aliphatic rings. The van der Waals surface area contributed by atoms with Crippen LogP contribution in [0.15, 0.2) is 30.3 Å². The van der Waals surface area contributed by atoms with E-state index in [-0.39, 0.29) is 6.54 Å². The van der Waals surface area contributed by atoms with Gasteiger partial charge in [-0.25, -0.2) is 8.78 Å². The molecule has 0 saturated heterocycles. The second kappa shape index (κ2) is 4.24. The van der Waals surface area contributed by atoms with E-state index in [0.717, 1.165) is 10.1 Å². The molecule has 1 nitrogen and oxygen atoms in total. The molecule has 0 saturated carbocycles. The Hall–Kier alpha value is -1.00. The Morgan fingerprint density at radius 1 is 1.27 bits per heavy atom. The van der Waals surface area contributed by atoms with Crippen molar-refractivity contribution in [3.8, 4) is 0 Å². The minimum Gasteiger partial charge on any atom is -0.330 e. The fraction of sp³-hybridized carbons (Fsp3) is 0.273. The number of fused-ring (bicyclic) bond motifs is 1. The average Bonchev–Trinajstić information content (AvgIpc) is 2.61. The molecule has 80 valence electrons. The van der Waals surface area contributed by atoms with E-state index in [1.807, 2.05) is 30.3 Å². The predicted molar refractivity (Wildman–Crippen MR) is 59.6 cm³/mol. The molecule has 0 spiro atoms. The lowest BCUT2D eigenvalue weighted by Gasteiger charge is -2.10. The molecule has 1 aromatic carbocycles. The number of hydrogen-bond acceptors (Lipinski definition) is 2. The van der Waals surface area contributed by atoms with Gasteiger partial charge in [-0.15, -0.1) is 11.3 Å². The van der Waals surface area contributed by atoms with Crippen LogP contribution in [-0.2, 0) is 0 Å². The highest BCUT2D eigenvalue weighted by Gasteiger charge is 2.22. The zero-order valence-corrected chi connectivity index (χ0v) is 8.81. The molecule has 1 atom stereocenters.